The van der Waals surface area contributed by atoms with E-state index in [0.29, 0.717) is 17.8 Å². The molecular weight excluding hydrogens is 176 g/mol. The number of carbonyl (C=O) groups excluding carboxylic acids is 1. The van der Waals surface area contributed by atoms with Crippen molar-refractivity contribution in [1.82, 2.24) is 4.90 Å². The molecule has 0 aliphatic heterocycles. The lowest BCUT2D eigenvalue weighted by molar-refractivity contribution is 0.0810. The molecule has 0 atom stereocenters. The highest BCUT2D eigenvalue weighted by atomic mass is 16.2. The van der Waals surface area contributed by atoms with Gasteiger partial charge in [-0.2, -0.15) is 0 Å². The number of anilines is 1. The van der Waals surface area contributed by atoms with Crippen LogP contribution in [0.1, 0.15) is 10.4 Å². The number of hydrogen-bond acceptors (Lipinski definition) is 2. The third-order valence-electron chi connectivity index (χ3n) is 1.91. The van der Waals surface area contributed by atoms with Crippen molar-refractivity contribution in [2.45, 2.75) is 0 Å². The Labute approximate surface area is 83.8 Å². The molecule has 2 N–H and O–H groups in total. The minimum atomic E-state index is -0.0232. The maximum atomic E-state index is 11.7. The fourth-order valence-electron chi connectivity index (χ4n) is 1.12. The van der Waals surface area contributed by atoms with Crippen LogP contribution in [0.3, 0.4) is 0 Å². The summed E-state index contributed by atoms with van der Waals surface area (Å²) in [6.45, 7) is 4.12. The van der Waals surface area contributed by atoms with Crippen LogP contribution >= 0.6 is 0 Å². The Morgan fingerprint density at radius 3 is 2.57 bits per heavy atom. The molecule has 0 unspecified atom stereocenters. The van der Waals surface area contributed by atoms with Crippen LogP contribution in [0.15, 0.2) is 36.9 Å². The van der Waals surface area contributed by atoms with Gasteiger partial charge in [-0.25, -0.2) is 0 Å². The van der Waals surface area contributed by atoms with Gasteiger partial charge in [-0.15, -0.1) is 6.58 Å². The molecule has 74 valence electrons. The molecule has 0 aliphatic rings. The lowest BCUT2D eigenvalue weighted by atomic mass is 10.2. The molecule has 1 amide bonds. The molecule has 1 aromatic carbocycles. The molecule has 0 bridgehead atoms. The van der Waals surface area contributed by atoms with Crippen molar-refractivity contribution in [1.29, 1.82) is 0 Å². The minimum absolute atomic E-state index is 0.0232. The van der Waals surface area contributed by atoms with E-state index in [9.17, 15) is 4.79 Å². The first kappa shape index (κ1) is 10.3. The van der Waals surface area contributed by atoms with Gasteiger partial charge in [0.2, 0.25) is 0 Å². The lowest BCUT2D eigenvalue weighted by Gasteiger charge is -2.14. The normalized spacial score (nSPS) is 9.50. The van der Waals surface area contributed by atoms with Gasteiger partial charge in [-0.05, 0) is 24.3 Å². The molecule has 3 nitrogen and oxygen atoms in total. The zero-order valence-corrected chi connectivity index (χ0v) is 8.23. The fourth-order valence-corrected chi connectivity index (χ4v) is 1.12. The Bertz CT molecular complexity index is 330. The van der Waals surface area contributed by atoms with Crippen molar-refractivity contribution < 1.29 is 4.79 Å². The molecule has 3 heteroatoms. The Morgan fingerprint density at radius 2 is 2.07 bits per heavy atom. The monoisotopic (exact) mass is 190 g/mol. The van der Waals surface area contributed by atoms with E-state index in [4.69, 9.17) is 5.73 Å². The van der Waals surface area contributed by atoms with Crippen molar-refractivity contribution in [3.8, 4) is 0 Å². The number of nitrogens with zero attached hydrogens (tertiary/aromatic N) is 1. The standard InChI is InChI=1S/C11H14N2O/c1-3-8-13(2)11(14)9-4-6-10(12)7-5-9/h3-7H,1,8,12H2,2H3. The molecule has 0 radical (unpaired) electrons. The number of likely N-dealkylation sites (N-methyl/N-ethyl adjacent to an activating group) is 1. The summed E-state index contributed by atoms with van der Waals surface area (Å²) in [5.41, 5.74) is 6.82. The van der Waals surface area contributed by atoms with Crippen LogP contribution in [0.5, 0.6) is 0 Å². The van der Waals surface area contributed by atoms with Crippen LogP contribution in [-0.4, -0.2) is 24.4 Å². The molecule has 0 fully saturated rings. The van der Waals surface area contributed by atoms with E-state index in [0.717, 1.165) is 0 Å². The SMILES string of the molecule is C=CCN(C)C(=O)c1ccc(N)cc1. The smallest absolute Gasteiger partial charge is 0.253 e. The van der Waals surface area contributed by atoms with Crippen molar-refractivity contribution in [2.24, 2.45) is 0 Å². The van der Waals surface area contributed by atoms with Crippen LogP contribution in [-0.2, 0) is 0 Å². The topological polar surface area (TPSA) is 46.3 Å². The zero-order chi connectivity index (χ0) is 10.6. The van der Waals surface area contributed by atoms with Gasteiger partial charge in [0, 0.05) is 24.8 Å². The molecule has 0 aromatic heterocycles. The van der Waals surface area contributed by atoms with E-state index >= 15 is 0 Å². The number of amides is 1. The summed E-state index contributed by atoms with van der Waals surface area (Å²) in [4.78, 5) is 13.3. The van der Waals surface area contributed by atoms with Gasteiger partial charge >= 0.3 is 0 Å². The van der Waals surface area contributed by atoms with Crippen LogP contribution in [0.4, 0.5) is 5.69 Å². The average molecular weight is 190 g/mol. The van der Waals surface area contributed by atoms with E-state index in [1.54, 1.807) is 42.3 Å². The van der Waals surface area contributed by atoms with Crippen LogP contribution in [0.25, 0.3) is 0 Å². The molecule has 0 saturated carbocycles. The highest BCUT2D eigenvalue weighted by Crippen LogP contribution is 2.07. The molecule has 0 spiro atoms. The van der Waals surface area contributed by atoms with Crippen molar-refractivity contribution >= 4 is 11.6 Å². The Morgan fingerprint density at radius 1 is 1.50 bits per heavy atom. The first-order valence-electron chi connectivity index (χ1n) is 4.37. The van der Waals surface area contributed by atoms with Gasteiger partial charge in [0.05, 0.1) is 0 Å². The molecule has 0 aliphatic carbocycles. The third-order valence-corrected chi connectivity index (χ3v) is 1.91. The number of carbonyl (C=O) groups is 1. The number of hydrogen-bond donors (Lipinski definition) is 1. The highest BCUT2D eigenvalue weighted by Gasteiger charge is 2.08. The first-order chi connectivity index (χ1) is 6.65. The highest BCUT2D eigenvalue weighted by molar-refractivity contribution is 5.94. The summed E-state index contributed by atoms with van der Waals surface area (Å²) in [6.07, 6.45) is 1.69. The Balaban J connectivity index is 2.78. The summed E-state index contributed by atoms with van der Waals surface area (Å²) < 4.78 is 0. The number of rotatable bonds is 3. The van der Waals surface area contributed by atoms with E-state index in [-0.39, 0.29) is 5.91 Å². The third kappa shape index (κ3) is 2.36. The van der Waals surface area contributed by atoms with E-state index in [2.05, 4.69) is 6.58 Å². The number of nitrogen functional groups attached to an aromatic ring is 1. The fraction of sp³-hybridized carbons (Fsp3) is 0.182. The lowest BCUT2D eigenvalue weighted by Crippen LogP contribution is -2.26. The number of benzene rings is 1. The van der Waals surface area contributed by atoms with Crippen molar-refractivity contribution in [2.75, 3.05) is 19.3 Å². The van der Waals surface area contributed by atoms with Crippen LogP contribution in [0, 0.1) is 0 Å². The van der Waals surface area contributed by atoms with Gasteiger partial charge < -0.3 is 10.6 Å². The minimum Gasteiger partial charge on any atom is -0.399 e. The predicted molar refractivity (Wildman–Crippen MR) is 58.0 cm³/mol. The first-order valence-corrected chi connectivity index (χ1v) is 4.37. The quantitative estimate of drug-likeness (QED) is 0.580. The van der Waals surface area contributed by atoms with Crippen molar-refractivity contribution in [3.05, 3.63) is 42.5 Å². The zero-order valence-electron chi connectivity index (χ0n) is 8.23. The van der Waals surface area contributed by atoms with Gasteiger partial charge in [-0.3, -0.25) is 4.79 Å². The second kappa shape index (κ2) is 4.46. The maximum Gasteiger partial charge on any atom is 0.253 e. The Hall–Kier alpha value is -1.77. The summed E-state index contributed by atoms with van der Waals surface area (Å²) in [6, 6.07) is 6.87. The van der Waals surface area contributed by atoms with Gasteiger partial charge in [0.15, 0.2) is 0 Å². The Kier molecular flexibility index (Phi) is 3.29. The molecule has 0 saturated heterocycles. The van der Waals surface area contributed by atoms with Crippen LogP contribution in [0.2, 0.25) is 0 Å². The van der Waals surface area contributed by atoms with E-state index < -0.39 is 0 Å². The molecule has 0 heterocycles. The maximum absolute atomic E-state index is 11.7. The summed E-state index contributed by atoms with van der Waals surface area (Å²) in [5.74, 6) is -0.0232. The largest absolute Gasteiger partial charge is 0.399 e. The second-order valence-electron chi connectivity index (χ2n) is 3.10. The van der Waals surface area contributed by atoms with Gasteiger partial charge in [-0.1, -0.05) is 6.08 Å². The number of nitrogens with two attached hydrogens (primary N) is 1. The van der Waals surface area contributed by atoms with Gasteiger partial charge in [0.25, 0.3) is 5.91 Å². The second-order valence-corrected chi connectivity index (χ2v) is 3.10. The van der Waals surface area contributed by atoms with Crippen LogP contribution < -0.4 is 5.73 Å². The summed E-state index contributed by atoms with van der Waals surface area (Å²) >= 11 is 0. The van der Waals surface area contributed by atoms with Crippen molar-refractivity contribution in [3.63, 3.8) is 0 Å². The summed E-state index contributed by atoms with van der Waals surface area (Å²) in [5, 5.41) is 0. The molecule has 1 rings (SSSR count). The van der Waals surface area contributed by atoms with E-state index in [1.165, 1.54) is 0 Å². The summed E-state index contributed by atoms with van der Waals surface area (Å²) in [7, 11) is 1.74. The average Bonchev–Trinajstić information content (AvgIpc) is 2.18. The molecular formula is C11H14N2O. The molecule has 1 aromatic rings. The molecule has 14 heavy (non-hydrogen) atoms. The van der Waals surface area contributed by atoms with Gasteiger partial charge in [0.1, 0.15) is 0 Å². The van der Waals surface area contributed by atoms with E-state index in [1.807, 2.05) is 0 Å². The predicted octanol–water partition coefficient (Wildman–Crippen LogP) is 1.53.